The molecule has 4 heteroatoms. The molecule has 0 bridgehead atoms. The third-order valence-electron chi connectivity index (χ3n) is 6.18. The summed E-state index contributed by atoms with van der Waals surface area (Å²) in [6.45, 7) is 10.6. The fourth-order valence-corrected chi connectivity index (χ4v) is 3.64. The smallest absolute Gasteiger partial charge is 0.399 e. The maximum absolute atomic E-state index is 6.10. The molecule has 0 aromatic carbocycles. The number of hydrogen-bond acceptors (Lipinski definition) is 3. The van der Waals surface area contributed by atoms with E-state index in [1.54, 1.807) is 0 Å². The van der Waals surface area contributed by atoms with Gasteiger partial charge in [0.25, 0.3) is 0 Å². The highest BCUT2D eigenvalue weighted by Gasteiger charge is 2.51. The highest BCUT2D eigenvalue weighted by molar-refractivity contribution is 6.62. The molecule has 0 atom stereocenters. The number of aromatic nitrogens is 1. The van der Waals surface area contributed by atoms with Gasteiger partial charge in [-0.05, 0) is 65.4 Å². The molecule has 2 heterocycles. The highest BCUT2D eigenvalue weighted by Crippen LogP contribution is 2.37. The first-order valence-corrected chi connectivity index (χ1v) is 9.14. The molecule has 0 radical (unpaired) electrons. The van der Waals surface area contributed by atoms with Crippen molar-refractivity contribution >= 4 is 12.6 Å². The third-order valence-corrected chi connectivity index (χ3v) is 6.18. The average Bonchev–Trinajstić information content (AvgIpc) is 2.76. The first-order valence-electron chi connectivity index (χ1n) is 9.14. The van der Waals surface area contributed by atoms with Crippen LogP contribution >= 0.6 is 0 Å². The number of pyridine rings is 1. The van der Waals surface area contributed by atoms with E-state index in [0.717, 1.165) is 11.4 Å². The molecule has 1 aliphatic carbocycles. The standard InChI is InChI=1S/C19H30BNO2/c1-6-14-7-9-15(10-8-14)17-12-11-16(13-21-17)20-22-18(2,3)19(4,5)23-20/h11-15H,6-10H2,1-5H3. The summed E-state index contributed by atoms with van der Waals surface area (Å²) in [4.78, 5) is 4.73. The summed E-state index contributed by atoms with van der Waals surface area (Å²) in [5.41, 5.74) is 1.67. The third kappa shape index (κ3) is 3.34. The van der Waals surface area contributed by atoms with Crippen LogP contribution in [0.5, 0.6) is 0 Å². The zero-order valence-corrected chi connectivity index (χ0v) is 15.3. The predicted octanol–water partition coefficient (Wildman–Crippen LogP) is 4.06. The van der Waals surface area contributed by atoms with Crippen LogP contribution in [0.4, 0.5) is 0 Å². The van der Waals surface area contributed by atoms with Crippen LogP contribution in [-0.2, 0) is 9.31 Å². The molecule has 1 saturated carbocycles. The Morgan fingerprint density at radius 3 is 2.13 bits per heavy atom. The molecule has 3 nitrogen and oxygen atoms in total. The van der Waals surface area contributed by atoms with Gasteiger partial charge in [0.2, 0.25) is 0 Å². The Morgan fingerprint density at radius 1 is 1.04 bits per heavy atom. The molecule has 126 valence electrons. The van der Waals surface area contributed by atoms with E-state index in [-0.39, 0.29) is 18.3 Å². The van der Waals surface area contributed by atoms with Gasteiger partial charge in [-0.1, -0.05) is 19.4 Å². The van der Waals surface area contributed by atoms with Gasteiger partial charge < -0.3 is 9.31 Å². The molecule has 23 heavy (non-hydrogen) atoms. The van der Waals surface area contributed by atoms with Gasteiger partial charge >= 0.3 is 7.12 Å². The van der Waals surface area contributed by atoms with Gasteiger partial charge in [-0.3, -0.25) is 4.98 Å². The van der Waals surface area contributed by atoms with E-state index >= 15 is 0 Å². The van der Waals surface area contributed by atoms with Crippen LogP contribution in [0.1, 0.15) is 78.3 Å². The lowest BCUT2D eigenvalue weighted by Gasteiger charge is -2.32. The topological polar surface area (TPSA) is 31.4 Å². The lowest BCUT2D eigenvalue weighted by Crippen LogP contribution is -2.41. The Labute approximate surface area is 141 Å². The van der Waals surface area contributed by atoms with Crippen LogP contribution in [0.3, 0.4) is 0 Å². The van der Waals surface area contributed by atoms with Gasteiger partial charge in [0.1, 0.15) is 0 Å². The van der Waals surface area contributed by atoms with Gasteiger partial charge in [-0.25, -0.2) is 0 Å². The molecule has 1 aromatic rings. The summed E-state index contributed by atoms with van der Waals surface area (Å²) in [5, 5.41) is 0. The van der Waals surface area contributed by atoms with E-state index in [0.29, 0.717) is 5.92 Å². The van der Waals surface area contributed by atoms with Crippen molar-refractivity contribution in [2.75, 3.05) is 0 Å². The molecule has 1 saturated heterocycles. The number of rotatable bonds is 3. The minimum Gasteiger partial charge on any atom is -0.399 e. The lowest BCUT2D eigenvalue weighted by atomic mass is 9.77. The van der Waals surface area contributed by atoms with Crippen molar-refractivity contribution in [3.05, 3.63) is 24.0 Å². The van der Waals surface area contributed by atoms with E-state index in [4.69, 9.17) is 14.3 Å². The van der Waals surface area contributed by atoms with Crippen molar-refractivity contribution in [3.8, 4) is 0 Å². The maximum Gasteiger partial charge on any atom is 0.496 e. The molecule has 0 N–H and O–H groups in total. The van der Waals surface area contributed by atoms with Crippen LogP contribution < -0.4 is 5.46 Å². The molecule has 0 unspecified atom stereocenters. The molecule has 1 aliphatic heterocycles. The van der Waals surface area contributed by atoms with Gasteiger partial charge in [-0.2, -0.15) is 0 Å². The summed E-state index contributed by atoms with van der Waals surface area (Å²) in [6.07, 6.45) is 8.52. The Hall–Kier alpha value is -0.865. The molecular formula is C19H30BNO2. The van der Waals surface area contributed by atoms with Crippen LogP contribution in [0.2, 0.25) is 0 Å². The van der Waals surface area contributed by atoms with Crippen LogP contribution in [0.15, 0.2) is 18.3 Å². The largest absolute Gasteiger partial charge is 0.496 e. The van der Waals surface area contributed by atoms with Crippen LogP contribution in [0, 0.1) is 5.92 Å². The van der Waals surface area contributed by atoms with E-state index in [9.17, 15) is 0 Å². The van der Waals surface area contributed by atoms with Crippen molar-refractivity contribution in [2.24, 2.45) is 5.92 Å². The zero-order chi connectivity index (χ0) is 16.7. The normalized spacial score (nSPS) is 29.7. The molecule has 2 fully saturated rings. The van der Waals surface area contributed by atoms with Crippen molar-refractivity contribution in [1.29, 1.82) is 0 Å². The minimum absolute atomic E-state index is 0.297. The Balaban J connectivity index is 1.67. The highest BCUT2D eigenvalue weighted by atomic mass is 16.7. The molecular weight excluding hydrogens is 285 g/mol. The summed E-state index contributed by atoms with van der Waals surface area (Å²) < 4.78 is 12.2. The summed E-state index contributed by atoms with van der Waals surface area (Å²) in [6, 6.07) is 4.31. The Bertz CT molecular complexity index is 517. The van der Waals surface area contributed by atoms with Crippen molar-refractivity contribution < 1.29 is 9.31 Å². The average molecular weight is 315 g/mol. The monoisotopic (exact) mass is 315 g/mol. The second-order valence-electron chi connectivity index (χ2n) is 8.23. The maximum atomic E-state index is 6.10. The minimum atomic E-state index is -0.308. The summed E-state index contributed by atoms with van der Waals surface area (Å²) in [7, 11) is -0.308. The van der Waals surface area contributed by atoms with E-state index in [1.807, 2.05) is 6.20 Å². The number of hydrogen-bond donors (Lipinski definition) is 0. The molecule has 1 aromatic heterocycles. The molecule has 0 spiro atoms. The molecule has 0 amide bonds. The quantitative estimate of drug-likeness (QED) is 0.788. The van der Waals surface area contributed by atoms with E-state index < -0.39 is 0 Å². The lowest BCUT2D eigenvalue weighted by molar-refractivity contribution is 0.00578. The van der Waals surface area contributed by atoms with Crippen molar-refractivity contribution in [3.63, 3.8) is 0 Å². The number of nitrogens with zero attached hydrogens (tertiary/aromatic N) is 1. The van der Waals surface area contributed by atoms with Crippen LogP contribution in [-0.4, -0.2) is 23.3 Å². The zero-order valence-electron chi connectivity index (χ0n) is 15.3. The summed E-state index contributed by atoms with van der Waals surface area (Å²) in [5.74, 6) is 1.56. The first-order chi connectivity index (χ1) is 10.8. The Kier molecular flexibility index (Phi) is 4.59. The summed E-state index contributed by atoms with van der Waals surface area (Å²) >= 11 is 0. The Morgan fingerprint density at radius 2 is 1.65 bits per heavy atom. The van der Waals surface area contributed by atoms with Gasteiger partial charge in [-0.15, -0.1) is 0 Å². The predicted molar refractivity (Wildman–Crippen MR) is 94.9 cm³/mol. The van der Waals surface area contributed by atoms with Gasteiger partial charge in [0.15, 0.2) is 0 Å². The van der Waals surface area contributed by atoms with Gasteiger partial charge in [0.05, 0.1) is 11.2 Å². The van der Waals surface area contributed by atoms with Crippen molar-refractivity contribution in [2.45, 2.75) is 83.8 Å². The first kappa shape index (κ1) is 17.0. The molecule has 2 aliphatic rings. The second kappa shape index (κ2) is 6.21. The van der Waals surface area contributed by atoms with E-state index in [2.05, 4.69) is 46.8 Å². The fraction of sp³-hybridized carbons (Fsp3) is 0.737. The fourth-order valence-electron chi connectivity index (χ4n) is 3.64. The SMILES string of the molecule is CCC1CCC(c2ccc(B3OC(C)(C)C(C)(C)O3)cn2)CC1. The van der Waals surface area contributed by atoms with E-state index in [1.165, 1.54) is 37.8 Å². The van der Waals surface area contributed by atoms with Gasteiger partial charge in [0, 0.05) is 23.3 Å². The van der Waals surface area contributed by atoms with Crippen molar-refractivity contribution in [1.82, 2.24) is 4.98 Å². The van der Waals surface area contributed by atoms with Crippen LogP contribution in [0.25, 0.3) is 0 Å². The second-order valence-corrected chi connectivity index (χ2v) is 8.23. The molecule has 3 rings (SSSR count).